The molecule has 0 aromatic heterocycles. The number of hydrogen-bond donors (Lipinski definition) is 3. The Morgan fingerprint density at radius 1 is 0.583 bits per heavy atom. The lowest BCUT2D eigenvalue weighted by molar-refractivity contribution is 0.438. The summed E-state index contributed by atoms with van der Waals surface area (Å²) in [7, 11) is -2.16. The zero-order chi connectivity index (χ0) is 16.8. The van der Waals surface area contributed by atoms with Gasteiger partial charge in [0.1, 0.15) is 5.78 Å². The standard InChI is InChI=1S/C20H20NO2P/c22-24(23)20(18-14-8-3-9-15-18)21-19(16-10-4-1-5-11-16)17-12-6-2-7-13-17/h1-15,19-23H. The van der Waals surface area contributed by atoms with Gasteiger partial charge >= 0.3 is 0 Å². The molecule has 0 saturated carbocycles. The van der Waals surface area contributed by atoms with E-state index in [1.54, 1.807) is 0 Å². The summed E-state index contributed by atoms with van der Waals surface area (Å²) < 4.78 is 0. The largest absolute Gasteiger partial charge is 0.349 e. The molecular formula is C20H20NO2P. The molecule has 0 aliphatic rings. The zero-order valence-corrected chi connectivity index (χ0v) is 14.1. The van der Waals surface area contributed by atoms with Gasteiger partial charge in [0.2, 0.25) is 0 Å². The Labute approximate surface area is 143 Å². The van der Waals surface area contributed by atoms with Crippen LogP contribution in [0.15, 0.2) is 91.0 Å². The molecule has 4 heteroatoms. The summed E-state index contributed by atoms with van der Waals surface area (Å²) in [6.45, 7) is 0. The molecule has 0 bridgehead atoms. The van der Waals surface area contributed by atoms with Gasteiger partial charge in [-0.3, -0.25) is 5.32 Å². The first-order valence-corrected chi connectivity index (χ1v) is 9.15. The van der Waals surface area contributed by atoms with E-state index >= 15 is 0 Å². The van der Waals surface area contributed by atoms with Gasteiger partial charge in [-0.05, 0) is 16.7 Å². The summed E-state index contributed by atoms with van der Waals surface area (Å²) in [5.74, 6) is -0.522. The summed E-state index contributed by atoms with van der Waals surface area (Å²) in [4.78, 5) is 19.9. The van der Waals surface area contributed by atoms with Crippen LogP contribution in [-0.2, 0) is 0 Å². The minimum atomic E-state index is -2.16. The molecule has 0 heterocycles. The third-order valence-corrected chi connectivity index (χ3v) is 4.85. The van der Waals surface area contributed by atoms with E-state index in [2.05, 4.69) is 5.32 Å². The van der Waals surface area contributed by atoms with E-state index in [1.165, 1.54) is 0 Å². The first-order valence-electron chi connectivity index (χ1n) is 7.83. The molecule has 0 aliphatic heterocycles. The van der Waals surface area contributed by atoms with Crippen molar-refractivity contribution in [2.45, 2.75) is 11.8 Å². The minimum Gasteiger partial charge on any atom is -0.349 e. The van der Waals surface area contributed by atoms with Gasteiger partial charge in [-0.2, -0.15) is 0 Å². The number of nitrogens with one attached hydrogen (secondary N) is 1. The molecule has 3 N–H and O–H groups in total. The summed E-state index contributed by atoms with van der Waals surface area (Å²) in [5.41, 5.74) is 3.04. The van der Waals surface area contributed by atoms with Crippen LogP contribution in [0.1, 0.15) is 28.5 Å². The highest BCUT2D eigenvalue weighted by molar-refractivity contribution is 7.45. The highest BCUT2D eigenvalue weighted by atomic mass is 31.2. The molecule has 0 spiro atoms. The fourth-order valence-electron chi connectivity index (χ4n) is 2.77. The van der Waals surface area contributed by atoms with E-state index in [0.717, 1.165) is 16.7 Å². The van der Waals surface area contributed by atoms with Crippen molar-refractivity contribution in [3.8, 4) is 0 Å². The smallest absolute Gasteiger partial charge is 0.188 e. The van der Waals surface area contributed by atoms with Gasteiger partial charge in [-0.25, -0.2) is 0 Å². The van der Waals surface area contributed by atoms with Gasteiger partial charge in [0.15, 0.2) is 8.38 Å². The third kappa shape index (κ3) is 4.08. The summed E-state index contributed by atoms with van der Waals surface area (Å²) in [6.07, 6.45) is 0. The Balaban J connectivity index is 1.96. The van der Waals surface area contributed by atoms with Crippen LogP contribution in [-0.4, -0.2) is 9.79 Å². The van der Waals surface area contributed by atoms with Crippen molar-refractivity contribution < 1.29 is 9.79 Å². The highest BCUT2D eigenvalue weighted by Crippen LogP contribution is 2.43. The maximum Gasteiger partial charge on any atom is 0.188 e. The van der Waals surface area contributed by atoms with Crippen LogP contribution in [0.3, 0.4) is 0 Å². The van der Waals surface area contributed by atoms with Gasteiger partial charge in [0, 0.05) is 0 Å². The molecule has 3 rings (SSSR count). The third-order valence-electron chi connectivity index (χ3n) is 3.94. The lowest BCUT2D eigenvalue weighted by Gasteiger charge is -2.27. The van der Waals surface area contributed by atoms with Gasteiger partial charge in [-0.15, -0.1) is 0 Å². The van der Waals surface area contributed by atoms with Crippen LogP contribution in [0.2, 0.25) is 0 Å². The number of rotatable bonds is 6. The van der Waals surface area contributed by atoms with Crippen molar-refractivity contribution in [3.05, 3.63) is 108 Å². The Hall–Kier alpha value is -2.03. The quantitative estimate of drug-likeness (QED) is 0.586. The van der Waals surface area contributed by atoms with Crippen molar-refractivity contribution in [1.82, 2.24) is 5.32 Å². The van der Waals surface area contributed by atoms with Crippen LogP contribution in [0.25, 0.3) is 0 Å². The van der Waals surface area contributed by atoms with Gasteiger partial charge in [-0.1, -0.05) is 91.0 Å². The van der Waals surface area contributed by atoms with Crippen LogP contribution >= 0.6 is 8.38 Å². The molecule has 0 saturated heterocycles. The first kappa shape index (κ1) is 16.8. The fraction of sp³-hybridized carbons (Fsp3) is 0.100. The maximum absolute atomic E-state index is 9.97. The predicted octanol–water partition coefficient (Wildman–Crippen LogP) is 4.36. The average molecular weight is 337 g/mol. The van der Waals surface area contributed by atoms with E-state index < -0.39 is 14.2 Å². The Kier molecular flexibility index (Phi) is 5.73. The molecule has 1 unspecified atom stereocenters. The normalized spacial score (nSPS) is 12.5. The van der Waals surface area contributed by atoms with E-state index in [4.69, 9.17) is 0 Å². The maximum atomic E-state index is 9.97. The van der Waals surface area contributed by atoms with E-state index in [1.807, 2.05) is 91.0 Å². The van der Waals surface area contributed by atoms with Crippen molar-refractivity contribution in [2.75, 3.05) is 0 Å². The Bertz CT molecular complexity index is 696. The lowest BCUT2D eigenvalue weighted by Crippen LogP contribution is -2.26. The molecule has 3 nitrogen and oxygen atoms in total. The topological polar surface area (TPSA) is 52.5 Å². The molecule has 24 heavy (non-hydrogen) atoms. The van der Waals surface area contributed by atoms with Crippen molar-refractivity contribution in [2.24, 2.45) is 0 Å². The lowest BCUT2D eigenvalue weighted by atomic mass is 9.98. The second-order valence-electron chi connectivity index (χ2n) is 5.55. The summed E-state index contributed by atoms with van der Waals surface area (Å²) >= 11 is 0. The molecule has 0 fully saturated rings. The summed E-state index contributed by atoms with van der Waals surface area (Å²) in [5, 5.41) is 3.43. The number of hydrogen-bond acceptors (Lipinski definition) is 3. The average Bonchev–Trinajstić information content (AvgIpc) is 2.64. The molecule has 122 valence electrons. The molecule has 0 radical (unpaired) electrons. The molecule has 3 aromatic carbocycles. The SMILES string of the molecule is OP(O)C(NC(c1ccccc1)c1ccccc1)c1ccccc1. The van der Waals surface area contributed by atoms with Crippen LogP contribution in [0.4, 0.5) is 0 Å². The van der Waals surface area contributed by atoms with Crippen LogP contribution in [0, 0.1) is 0 Å². The van der Waals surface area contributed by atoms with E-state index in [0.29, 0.717) is 0 Å². The van der Waals surface area contributed by atoms with Gasteiger partial charge in [0.05, 0.1) is 6.04 Å². The Morgan fingerprint density at radius 2 is 0.958 bits per heavy atom. The second kappa shape index (κ2) is 8.18. The monoisotopic (exact) mass is 337 g/mol. The zero-order valence-electron chi connectivity index (χ0n) is 13.2. The Morgan fingerprint density at radius 3 is 1.33 bits per heavy atom. The molecule has 3 aromatic rings. The van der Waals surface area contributed by atoms with Gasteiger partial charge < -0.3 is 9.79 Å². The van der Waals surface area contributed by atoms with Gasteiger partial charge in [0.25, 0.3) is 0 Å². The molecule has 0 amide bonds. The van der Waals surface area contributed by atoms with Crippen LogP contribution in [0.5, 0.6) is 0 Å². The van der Waals surface area contributed by atoms with Crippen LogP contribution < -0.4 is 5.32 Å². The minimum absolute atomic E-state index is 0.123. The van der Waals surface area contributed by atoms with Crippen molar-refractivity contribution in [3.63, 3.8) is 0 Å². The first-order chi connectivity index (χ1) is 11.8. The molecule has 1 atom stereocenters. The van der Waals surface area contributed by atoms with Crippen molar-refractivity contribution >= 4 is 8.38 Å². The fourth-order valence-corrected chi connectivity index (χ4v) is 3.49. The second-order valence-corrected chi connectivity index (χ2v) is 6.71. The predicted molar refractivity (Wildman–Crippen MR) is 98.4 cm³/mol. The molecular weight excluding hydrogens is 317 g/mol. The highest BCUT2D eigenvalue weighted by Gasteiger charge is 2.25. The molecule has 0 aliphatic carbocycles. The number of benzene rings is 3. The van der Waals surface area contributed by atoms with E-state index in [9.17, 15) is 9.79 Å². The van der Waals surface area contributed by atoms with E-state index in [-0.39, 0.29) is 6.04 Å². The van der Waals surface area contributed by atoms with Crippen molar-refractivity contribution in [1.29, 1.82) is 0 Å². The summed E-state index contributed by atoms with van der Waals surface area (Å²) in [6, 6.07) is 29.5.